The van der Waals surface area contributed by atoms with Crippen LogP contribution in [-0.2, 0) is 13.9 Å². The molecule has 0 aliphatic carbocycles. The Kier molecular flexibility index (Phi) is 6.23. The summed E-state index contributed by atoms with van der Waals surface area (Å²) in [6.45, 7) is -2.01. The Morgan fingerprint density at radius 3 is 2.12 bits per heavy atom. The van der Waals surface area contributed by atoms with E-state index in [2.05, 4.69) is 4.52 Å². The number of hydrogen-bond acceptors (Lipinski definition) is 7. The molecule has 0 aromatic carbocycles. The predicted octanol–water partition coefficient (Wildman–Crippen LogP) is -3.26. The van der Waals surface area contributed by atoms with Gasteiger partial charge in [-0.3, -0.25) is 9.32 Å². The second-order valence-electron chi connectivity index (χ2n) is 2.92. The third kappa shape index (κ3) is 5.64. The van der Waals surface area contributed by atoms with Crippen LogP contribution < -0.4 is 0 Å². The number of phosphoric ester groups is 1. The molecule has 10 heteroatoms. The van der Waals surface area contributed by atoms with E-state index in [9.17, 15) is 9.36 Å². The molecule has 0 radical (unpaired) electrons. The van der Waals surface area contributed by atoms with E-state index in [-0.39, 0.29) is 0 Å². The van der Waals surface area contributed by atoms with Crippen LogP contribution in [-0.4, -0.2) is 67.5 Å². The molecule has 3 atom stereocenters. The molecule has 16 heavy (non-hydrogen) atoms. The van der Waals surface area contributed by atoms with Crippen molar-refractivity contribution in [1.82, 2.24) is 0 Å². The highest BCUT2D eigenvalue weighted by Gasteiger charge is 2.31. The van der Waals surface area contributed by atoms with Crippen molar-refractivity contribution >= 4 is 13.6 Å². The largest absolute Gasteiger partial charge is 0.470 e. The molecule has 0 heterocycles. The summed E-state index contributed by atoms with van der Waals surface area (Å²) in [4.78, 5) is 27.5. The molecule has 0 amide bonds. The maximum atomic E-state index is 11.0. The van der Waals surface area contributed by atoms with Gasteiger partial charge >= 0.3 is 7.82 Å². The summed E-state index contributed by atoms with van der Waals surface area (Å²) >= 11 is 0. The summed E-state index contributed by atoms with van der Waals surface area (Å²) in [5.74, 6) is -1.23. The Bertz CT molecular complexity index is 273. The molecule has 0 aromatic rings. The van der Waals surface area contributed by atoms with Crippen molar-refractivity contribution in [3.05, 3.63) is 0 Å². The SMILES string of the molecule is O=C(COP(=O)(O)O)[C@H](O)[C@@H](O)[C@H](O)CO. The van der Waals surface area contributed by atoms with E-state index in [1.54, 1.807) is 0 Å². The molecular weight excluding hydrogens is 247 g/mol. The van der Waals surface area contributed by atoms with Gasteiger partial charge in [0, 0.05) is 0 Å². The van der Waals surface area contributed by atoms with Crippen LogP contribution >= 0.6 is 7.82 Å². The van der Waals surface area contributed by atoms with E-state index in [0.29, 0.717) is 0 Å². The standard InChI is InChI=1S/C6H13O9P/c7-1-3(8)5(10)6(11)4(9)2-15-16(12,13)14/h3,5-8,10-11H,1-2H2,(H2,12,13,14)/t3-,5+,6+/m1/s1. The van der Waals surface area contributed by atoms with Crippen molar-refractivity contribution in [2.75, 3.05) is 13.2 Å². The average Bonchev–Trinajstić information content (AvgIpc) is 2.21. The zero-order valence-corrected chi connectivity index (χ0v) is 8.90. The fraction of sp³-hybridized carbons (Fsp3) is 0.833. The van der Waals surface area contributed by atoms with E-state index in [1.807, 2.05) is 0 Å². The van der Waals surface area contributed by atoms with Crippen molar-refractivity contribution < 1.29 is 44.1 Å². The van der Waals surface area contributed by atoms with Gasteiger partial charge in [0.25, 0.3) is 0 Å². The second kappa shape index (κ2) is 6.38. The summed E-state index contributed by atoms with van der Waals surface area (Å²) < 4.78 is 14.0. The molecule has 96 valence electrons. The topological polar surface area (TPSA) is 165 Å². The lowest BCUT2D eigenvalue weighted by atomic mass is 10.1. The first-order valence-corrected chi connectivity index (χ1v) is 5.60. The van der Waals surface area contributed by atoms with Crippen LogP contribution in [0.1, 0.15) is 0 Å². The first kappa shape index (κ1) is 15.6. The van der Waals surface area contributed by atoms with E-state index in [0.717, 1.165) is 0 Å². The van der Waals surface area contributed by atoms with Crippen LogP contribution in [0.15, 0.2) is 0 Å². The maximum absolute atomic E-state index is 11.0. The van der Waals surface area contributed by atoms with E-state index in [1.165, 1.54) is 0 Å². The summed E-state index contributed by atoms with van der Waals surface area (Å²) in [6, 6.07) is 0. The lowest BCUT2D eigenvalue weighted by Gasteiger charge is -2.20. The van der Waals surface area contributed by atoms with Crippen molar-refractivity contribution in [3.63, 3.8) is 0 Å². The smallest absolute Gasteiger partial charge is 0.394 e. The Labute approximate surface area is 90.2 Å². The molecule has 0 aromatic heterocycles. The highest BCUT2D eigenvalue weighted by Crippen LogP contribution is 2.35. The molecule has 0 spiro atoms. The zero-order valence-electron chi connectivity index (χ0n) is 8.00. The lowest BCUT2D eigenvalue weighted by molar-refractivity contribution is -0.142. The minimum Gasteiger partial charge on any atom is -0.394 e. The van der Waals surface area contributed by atoms with E-state index >= 15 is 0 Å². The second-order valence-corrected chi connectivity index (χ2v) is 4.16. The van der Waals surface area contributed by atoms with Gasteiger partial charge in [0.05, 0.1) is 6.61 Å². The van der Waals surface area contributed by atoms with E-state index in [4.69, 9.17) is 30.2 Å². The van der Waals surface area contributed by atoms with Crippen LogP contribution in [0.5, 0.6) is 0 Å². The Morgan fingerprint density at radius 2 is 1.75 bits per heavy atom. The van der Waals surface area contributed by atoms with Crippen molar-refractivity contribution in [1.29, 1.82) is 0 Å². The summed E-state index contributed by atoms with van der Waals surface area (Å²) in [5.41, 5.74) is 0. The minimum absolute atomic E-state index is 0.884. The monoisotopic (exact) mass is 260 g/mol. The number of carbonyl (C=O) groups excluding carboxylic acids is 1. The lowest BCUT2D eigenvalue weighted by Crippen LogP contribution is -2.45. The highest BCUT2D eigenvalue weighted by molar-refractivity contribution is 7.46. The molecule has 6 N–H and O–H groups in total. The predicted molar refractivity (Wildman–Crippen MR) is 48.1 cm³/mol. The first-order valence-electron chi connectivity index (χ1n) is 4.07. The Hall–Kier alpha value is -0.380. The molecule has 0 fully saturated rings. The van der Waals surface area contributed by atoms with Gasteiger partial charge in [0.1, 0.15) is 24.9 Å². The molecule has 0 saturated heterocycles. The fourth-order valence-corrected chi connectivity index (χ4v) is 1.04. The molecule has 9 nitrogen and oxygen atoms in total. The number of rotatable bonds is 7. The molecule has 0 aliphatic rings. The molecule has 0 rings (SSSR count). The van der Waals surface area contributed by atoms with Gasteiger partial charge in [-0.1, -0.05) is 0 Å². The summed E-state index contributed by atoms with van der Waals surface area (Å²) in [7, 11) is -4.85. The normalized spacial score (nSPS) is 17.9. The van der Waals surface area contributed by atoms with Gasteiger partial charge in [0.2, 0.25) is 0 Å². The number of carbonyl (C=O) groups is 1. The van der Waals surface area contributed by atoms with Gasteiger partial charge in [-0.15, -0.1) is 0 Å². The minimum atomic E-state index is -4.85. The van der Waals surface area contributed by atoms with Gasteiger partial charge in [-0.05, 0) is 0 Å². The third-order valence-electron chi connectivity index (χ3n) is 1.61. The molecule has 0 unspecified atom stereocenters. The van der Waals surface area contributed by atoms with Crippen molar-refractivity contribution in [2.45, 2.75) is 18.3 Å². The maximum Gasteiger partial charge on any atom is 0.470 e. The van der Waals surface area contributed by atoms with Gasteiger partial charge in [-0.25, -0.2) is 4.57 Å². The number of aliphatic hydroxyl groups excluding tert-OH is 4. The Balaban J connectivity index is 4.23. The third-order valence-corrected chi connectivity index (χ3v) is 2.08. The van der Waals surface area contributed by atoms with Crippen molar-refractivity contribution in [3.8, 4) is 0 Å². The Morgan fingerprint density at radius 1 is 1.25 bits per heavy atom. The first-order chi connectivity index (χ1) is 7.19. The van der Waals surface area contributed by atoms with Gasteiger partial charge in [0.15, 0.2) is 5.78 Å². The van der Waals surface area contributed by atoms with Crippen LogP contribution in [0, 0.1) is 0 Å². The highest BCUT2D eigenvalue weighted by atomic mass is 31.2. The number of phosphoric acid groups is 1. The van der Waals surface area contributed by atoms with Crippen molar-refractivity contribution in [2.24, 2.45) is 0 Å². The van der Waals surface area contributed by atoms with Crippen LogP contribution in [0.25, 0.3) is 0 Å². The molecular formula is C6H13O9P. The van der Waals surface area contributed by atoms with Gasteiger partial charge in [-0.2, -0.15) is 0 Å². The van der Waals surface area contributed by atoms with Crippen LogP contribution in [0.3, 0.4) is 0 Å². The molecule has 0 aliphatic heterocycles. The quantitative estimate of drug-likeness (QED) is 0.258. The molecule has 0 bridgehead atoms. The summed E-state index contributed by atoms with van der Waals surface area (Å²) in [6.07, 6.45) is -5.81. The molecule has 0 saturated carbocycles. The van der Waals surface area contributed by atoms with E-state index < -0.39 is 45.1 Å². The number of ketones is 1. The number of aliphatic hydroxyl groups is 4. The van der Waals surface area contributed by atoms with Crippen LogP contribution in [0.2, 0.25) is 0 Å². The zero-order chi connectivity index (χ0) is 12.9. The summed E-state index contributed by atoms with van der Waals surface area (Å²) in [5, 5.41) is 35.4. The fourth-order valence-electron chi connectivity index (χ4n) is 0.742. The number of hydrogen-bond donors (Lipinski definition) is 6. The van der Waals surface area contributed by atoms with Crippen LogP contribution in [0.4, 0.5) is 0 Å². The average molecular weight is 260 g/mol. The number of Topliss-reactive ketones (excluding diaryl/α,β-unsaturated/α-hetero) is 1. The van der Waals surface area contributed by atoms with Gasteiger partial charge < -0.3 is 30.2 Å².